The molecule has 102 valence electrons. The van der Waals surface area contributed by atoms with E-state index in [9.17, 15) is 9.90 Å². The zero-order valence-corrected chi connectivity index (χ0v) is 11.2. The van der Waals surface area contributed by atoms with Crippen molar-refractivity contribution in [2.45, 2.75) is 19.0 Å². The zero-order chi connectivity index (χ0) is 13.9. The number of aldehydes is 1. The molecule has 1 unspecified atom stereocenters. The van der Waals surface area contributed by atoms with Crippen LogP contribution in [0.15, 0.2) is 48.5 Å². The second kappa shape index (κ2) is 5.47. The van der Waals surface area contributed by atoms with E-state index >= 15 is 0 Å². The Hall–Kier alpha value is -2.13. The van der Waals surface area contributed by atoms with Gasteiger partial charge in [0.2, 0.25) is 0 Å². The van der Waals surface area contributed by atoms with Gasteiger partial charge < -0.3 is 9.90 Å². The monoisotopic (exact) mass is 267 g/mol. The lowest BCUT2D eigenvalue weighted by Crippen LogP contribution is -2.35. The molecule has 0 saturated carbocycles. The van der Waals surface area contributed by atoms with E-state index in [1.54, 1.807) is 12.1 Å². The number of phenolic OH excluding ortho intramolecular Hbond substituents is 1. The molecule has 3 heteroatoms. The van der Waals surface area contributed by atoms with Crippen LogP contribution in [0.1, 0.15) is 22.7 Å². The maximum absolute atomic E-state index is 11.5. The van der Waals surface area contributed by atoms with Crippen LogP contribution in [-0.2, 0) is 17.8 Å². The molecular weight excluding hydrogens is 250 g/mol. The van der Waals surface area contributed by atoms with E-state index in [1.165, 1.54) is 5.56 Å². The molecule has 2 aromatic rings. The second-order valence-electron chi connectivity index (χ2n) is 5.17. The Kier molecular flexibility index (Phi) is 3.52. The van der Waals surface area contributed by atoms with Crippen molar-refractivity contribution >= 4 is 6.29 Å². The van der Waals surface area contributed by atoms with Crippen LogP contribution in [0.4, 0.5) is 0 Å². The highest BCUT2D eigenvalue weighted by molar-refractivity contribution is 5.64. The number of hydrogen-bond donors (Lipinski definition) is 1. The fraction of sp³-hybridized carbons (Fsp3) is 0.235. The lowest BCUT2D eigenvalue weighted by molar-refractivity contribution is -0.113. The van der Waals surface area contributed by atoms with E-state index in [1.807, 2.05) is 24.3 Å². The first-order valence-corrected chi connectivity index (χ1v) is 6.83. The number of nitrogens with zero attached hydrogens (tertiary/aromatic N) is 1. The number of phenols is 1. The zero-order valence-electron chi connectivity index (χ0n) is 11.2. The van der Waals surface area contributed by atoms with Crippen LogP contribution in [-0.4, -0.2) is 22.8 Å². The van der Waals surface area contributed by atoms with Crippen molar-refractivity contribution in [3.05, 3.63) is 65.2 Å². The predicted molar refractivity (Wildman–Crippen MR) is 77.5 cm³/mol. The molecule has 0 aromatic heterocycles. The van der Waals surface area contributed by atoms with E-state index < -0.39 is 0 Å². The highest BCUT2D eigenvalue weighted by Gasteiger charge is 2.27. The van der Waals surface area contributed by atoms with Crippen LogP contribution < -0.4 is 0 Å². The van der Waals surface area contributed by atoms with Crippen molar-refractivity contribution < 1.29 is 9.90 Å². The molecule has 0 amide bonds. The number of rotatable bonds is 3. The molecule has 20 heavy (non-hydrogen) atoms. The van der Waals surface area contributed by atoms with E-state index in [2.05, 4.69) is 17.0 Å². The van der Waals surface area contributed by atoms with Gasteiger partial charge in [-0.15, -0.1) is 0 Å². The molecule has 0 radical (unpaired) electrons. The Labute approximate surface area is 118 Å². The van der Waals surface area contributed by atoms with Gasteiger partial charge >= 0.3 is 0 Å². The molecule has 0 aliphatic carbocycles. The summed E-state index contributed by atoms with van der Waals surface area (Å²) in [6, 6.07) is 15.2. The van der Waals surface area contributed by atoms with Crippen molar-refractivity contribution in [1.29, 1.82) is 0 Å². The minimum absolute atomic E-state index is 0.223. The quantitative estimate of drug-likeness (QED) is 0.869. The molecule has 0 bridgehead atoms. The van der Waals surface area contributed by atoms with E-state index in [0.717, 1.165) is 36.9 Å². The van der Waals surface area contributed by atoms with Gasteiger partial charge in [-0.1, -0.05) is 36.4 Å². The summed E-state index contributed by atoms with van der Waals surface area (Å²) in [6.45, 7) is 1.60. The molecule has 1 heterocycles. The van der Waals surface area contributed by atoms with Gasteiger partial charge in [-0.05, 0) is 35.2 Å². The normalized spacial score (nSPS) is 18.5. The van der Waals surface area contributed by atoms with Crippen molar-refractivity contribution in [3.63, 3.8) is 0 Å². The topological polar surface area (TPSA) is 40.5 Å². The van der Waals surface area contributed by atoms with Crippen LogP contribution in [0, 0.1) is 0 Å². The smallest absolute Gasteiger partial charge is 0.141 e. The SMILES string of the molecule is O=CC1c2ccc(O)cc2CCN1Cc1ccccc1. The van der Waals surface area contributed by atoms with Gasteiger partial charge in [-0.2, -0.15) is 0 Å². The first kappa shape index (κ1) is 12.9. The molecule has 3 rings (SSSR count). The third-order valence-electron chi connectivity index (χ3n) is 3.86. The summed E-state index contributed by atoms with van der Waals surface area (Å²) in [5, 5.41) is 9.55. The predicted octanol–water partition coefficient (Wildman–Crippen LogP) is 2.69. The van der Waals surface area contributed by atoms with Gasteiger partial charge in [0.15, 0.2) is 0 Å². The molecule has 1 aliphatic heterocycles. The Morgan fingerprint density at radius 2 is 2.00 bits per heavy atom. The third kappa shape index (κ3) is 2.45. The molecule has 1 atom stereocenters. The maximum Gasteiger partial charge on any atom is 0.141 e. The maximum atomic E-state index is 11.5. The Balaban J connectivity index is 1.87. The number of carbonyl (C=O) groups excluding carboxylic acids is 1. The Morgan fingerprint density at radius 3 is 2.75 bits per heavy atom. The van der Waals surface area contributed by atoms with Crippen molar-refractivity contribution in [2.24, 2.45) is 0 Å². The molecule has 0 fully saturated rings. The standard InChI is InChI=1S/C17H17NO2/c19-12-17-16-7-6-15(20)10-14(16)8-9-18(17)11-13-4-2-1-3-5-13/h1-7,10,12,17,20H,8-9,11H2. The molecule has 0 spiro atoms. The fourth-order valence-electron chi connectivity index (χ4n) is 2.85. The number of benzene rings is 2. The first-order valence-electron chi connectivity index (χ1n) is 6.83. The average molecular weight is 267 g/mol. The highest BCUT2D eigenvalue weighted by Crippen LogP contribution is 2.31. The average Bonchev–Trinajstić information content (AvgIpc) is 2.48. The molecule has 0 saturated heterocycles. The Bertz CT molecular complexity index is 610. The summed E-state index contributed by atoms with van der Waals surface area (Å²) in [5.41, 5.74) is 3.30. The number of aromatic hydroxyl groups is 1. The number of hydrogen-bond acceptors (Lipinski definition) is 3. The second-order valence-corrected chi connectivity index (χ2v) is 5.17. The summed E-state index contributed by atoms with van der Waals surface area (Å²) in [5.74, 6) is 0.268. The van der Waals surface area contributed by atoms with Gasteiger partial charge in [-0.3, -0.25) is 4.90 Å². The number of carbonyl (C=O) groups is 1. The minimum atomic E-state index is -0.223. The summed E-state index contributed by atoms with van der Waals surface area (Å²) in [6.07, 6.45) is 1.86. The van der Waals surface area contributed by atoms with Crippen molar-refractivity contribution in [1.82, 2.24) is 4.90 Å². The van der Waals surface area contributed by atoms with Gasteiger partial charge in [-0.25, -0.2) is 0 Å². The number of fused-ring (bicyclic) bond motifs is 1. The highest BCUT2D eigenvalue weighted by atomic mass is 16.3. The van der Waals surface area contributed by atoms with Crippen LogP contribution in [0.25, 0.3) is 0 Å². The minimum Gasteiger partial charge on any atom is -0.508 e. The van der Waals surface area contributed by atoms with E-state index in [-0.39, 0.29) is 11.8 Å². The van der Waals surface area contributed by atoms with Crippen LogP contribution >= 0.6 is 0 Å². The summed E-state index contributed by atoms with van der Waals surface area (Å²) in [4.78, 5) is 13.7. The molecule has 1 aliphatic rings. The fourth-order valence-corrected chi connectivity index (χ4v) is 2.85. The van der Waals surface area contributed by atoms with Gasteiger partial charge in [0, 0.05) is 13.1 Å². The summed E-state index contributed by atoms with van der Waals surface area (Å²) in [7, 11) is 0. The van der Waals surface area contributed by atoms with Crippen molar-refractivity contribution in [3.8, 4) is 5.75 Å². The third-order valence-corrected chi connectivity index (χ3v) is 3.86. The molecular formula is C17H17NO2. The van der Waals surface area contributed by atoms with Gasteiger partial charge in [0.1, 0.15) is 12.0 Å². The Morgan fingerprint density at radius 1 is 1.20 bits per heavy atom. The summed E-state index contributed by atoms with van der Waals surface area (Å²) >= 11 is 0. The van der Waals surface area contributed by atoms with Gasteiger partial charge in [0.05, 0.1) is 6.04 Å². The van der Waals surface area contributed by atoms with Crippen molar-refractivity contribution in [2.75, 3.05) is 6.54 Å². The van der Waals surface area contributed by atoms with E-state index in [0.29, 0.717) is 0 Å². The van der Waals surface area contributed by atoms with Gasteiger partial charge in [0.25, 0.3) is 0 Å². The summed E-state index contributed by atoms with van der Waals surface area (Å²) < 4.78 is 0. The lowest BCUT2D eigenvalue weighted by atomic mass is 9.92. The molecule has 1 N–H and O–H groups in total. The van der Waals surface area contributed by atoms with E-state index in [4.69, 9.17) is 0 Å². The van der Waals surface area contributed by atoms with Crippen LogP contribution in [0.2, 0.25) is 0 Å². The van der Waals surface area contributed by atoms with Crippen LogP contribution in [0.3, 0.4) is 0 Å². The molecule has 3 nitrogen and oxygen atoms in total. The largest absolute Gasteiger partial charge is 0.508 e. The molecule has 2 aromatic carbocycles. The lowest BCUT2D eigenvalue weighted by Gasteiger charge is -2.34. The first-order chi connectivity index (χ1) is 9.78. The van der Waals surface area contributed by atoms with Crippen LogP contribution in [0.5, 0.6) is 5.75 Å².